The third-order valence-electron chi connectivity index (χ3n) is 9.36. The second-order valence-electron chi connectivity index (χ2n) is 15.0. The predicted molar refractivity (Wildman–Crippen MR) is 182 cm³/mol. The standard InChI is InChI=1S/C37H51ClN4O4/c1-35(2,3)46-34(44)42-22-20-41(21-23-42)19-11-9-8-10-12-26-13-15-27(16-14-26)31(43)40-32-36(4,5)33(37(32,6)7)45-29-18-17-28(25-39)30(38)24-29/h13-18,24,32-33H,8-12,19-23H2,1-7H3,(H,40,43)/t32-,33-. The topological polar surface area (TPSA) is 94.9 Å². The molecule has 1 saturated carbocycles. The number of nitriles is 1. The van der Waals surface area contributed by atoms with Crippen molar-refractivity contribution in [2.75, 3.05) is 32.7 Å². The number of carbonyl (C=O) groups is 2. The molecule has 2 amide bonds. The summed E-state index contributed by atoms with van der Waals surface area (Å²) in [5.41, 5.74) is 1.24. The first kappa shape index (κ1) is 35.6. The molecule has 9 heteroatoms. The number of halogens is 1. The van der Waals surface area contributed by atoms with Crippen molar-refractivity contribution in [1.82, 2.24) is 15.1 Å². The Balaban J connectivity index is 1.15. The number of nitrogens with one attached hydrogen (secondary N) is 1. The van der Waals surface area contributed by atoms with E-state index in [1.165, 1.54) is 18.4 Å². The normalized spacial score (nSPS) is 20.7. The van der Waals surface area contributed by atoms with Gasteiger partial charge in [0.2, 0.25) is 0 Å². The van der Waals surface area contributed by atoms with Crippen LogP contribution in [0.15, 0.2) is 42.5 Å². The summed E-state index contributed by atoms with van der Waals surface area (Å²) in [5, 5.41) is 12.8. The van der Waals surface area contributed by atoms with Crippen molar-refractivity contribution in [3.8, 4) is 11.8 Å². The van der Waals surface area contributed by atoms with Crippen molar-refractivity contribution in [3.05, 3.63) is 64.2 Å². The van der Waals surface area contributed by atoms with Crippen LogP contribution >= 0.6 is 11.6 Å². The van der Waals surface area contributed by atoms with E-state index >= 15 is 0 Å². The number of benzene rings is 2. The maximum Gasteiger partial charge on any atom is 0.410 e. The van der Waals surface area contributed by atoms with Crippen molar-refractivity contribution in [2.24, 2.45) is 10.8 Å². The molecule has 0 unspecified atom stereocenters. The van der Waals surface area contributed by atoms with Gasteiger partial charge in [-0.1, -0.05) is 64.3 Å². The Bertz CT molecular complexity index is 1390. The van der Waals surface area contributed by atoms with Crippen molar-refractivity contribution >= 4 is 23.6 Å². The highest BCUT2D eigenvalue weighted by Crippen LogP contribution is 2.55. The predicted octanol–water partition coefficient (Wildman–Crippen LogP) is 7.48. The molecule has 8 nitrogen and oxygen atoms in total. The summed E-state index contributed by atoms with van der Waals surface area (Å²) in [4.78, 5) is 29.8. The second kappa shape index (κ2) is 14.6. The van der Waals surface area contributed by atoms with Gasteiger partial charge in [-0.05, 0) is 76.4 Å². The van der Waals surface area contributed by atoms with Crippen molar-refractivity contribution in [3.63, 3.8) is 0 Å². The van der Waals surface area contributed by atoms with Gasteiger partial charge in [0.1, 0.15) is 23.5 Å². The largest absolute Gasteiger partial charge is 0.489 e. The Morgan fingerprint density at radius 2 is 1.59 bits per heavy atom. The van der Waals surface area contributed by atoms with Crippen molar-refractivity contribution in [2.45, 2.75) is 98.3 Å². The van der Waals surface area contributed by atoms with Crippen LogP contribution in [0.4, 0.5) is 4.79 Å². The number of unbranched alkanes of at least 4 members (excludes halogenated alkanes) is 3. The van der Waals surface area contributed by atoms with E-state index in [4.69, 9.17) is 26.3 Å². The Labute approximate surface area is 280 Å². The minimum Gasteiger partial charge on any atom is -0.489 e. The molecular weight excluding hydrogens is 600 g/mol. The van der Waals surface area contributed by atoms with E-state index in [-0.39, 0.29) is 35.0 Å². The van der Waals surface area contributed by atoms with E-state index in [0.717, 1.165) is 52.0 Å². The molecule has 2 aromatic carbocycles. The fourth-order valence-corrected chi connectivity index (χ4v) is 7.34. The minimum atomic E-state index is -0.456. The van der Waals surface area contributed by atoms with Crippen LogP contribution in [0.25, 0.3) is 0 Å². The lowest BCUT2D eigenvalue weighted by molar-refractivity contribution is -0.164. The molecule has 4 rings (SSSR count). The van der Waals surface area contributed by atoms with Crippen LogP contribution in [0.2, 0.25) is 5.02 Å². The molecule has 46 heavy (non-hydrogen) atoms. The Kier molecular flexibility index (Phi) is 11.3. The van der Waals surface area contributed by atoms with Gasteiger partial charge < -0.3 is 19.7 Å². The van der Waals surface area contributed by atoms with Gasteiger partial charge in [0.25, 0.3) is 5.91 Å². The number of carbonyl (C=O) groups excluding carboxylic acids is 2. The number of amides is 2. The van der Waals surface area contributed by atoms with E-state index in [1.54, 1.807) is 18.2 Å². The van der Waals surface area contributed by atoms with Crippen LogP contribution in [0, 0.1) is 22.2 Å². The molecule has 1 heterocycles. The van der Waals surface area contributed by atoms with Gasteiger partial charge in [-0.2, -0.15) is 5.26 Å². The summed E-state index contributed by atoms with van der Waals surface area (Å²) >= 11 is 6.22. The Hall–Kier alpha value is -3.28. The minimum absolute atomic E-state index is 0.0792. The zero-order chi connectivity index (χ0) is 33.7. The fourth-order valence-electron chi connectivity index (χ4n) is 7.13. The molecule has 2 aliphatic rings. The lowest BCUT2D eigenvalue weighted by atomic mass is 9.49. The molecule has 1 aliphatic carbocycles. The quantitative estimate of drug-likeness (QED) is 0.253. The average Bonchev–Trinajstić information content (AvgIpc) is 2.99. The van der Waals surface area contributed by atoms with E-state index in [1.807, 2.05) is 37.8 Å². The highest BCUT2D eigenvalue weighted by molar-refractivity contribution is 6.31. The van der Waals surface area contributed by atoms with Crippen LogP contribution < -0.4 is 10.1 Å². The number of ether oxygens (including phenoxy) is 2. The number of rotatable bonds is 11. The monoisotopic (exact) mass is 650 g/mol. The summed E-state index contributed by atoms with van der Waals surface area (Å²) in [6.07, 6.45) is 5.27. The maximum atomic E-state index is 13.3. The van der Waals surface area contributed by atoms with Crippen molar-refractivity contribution < 1.29 is 19.1 Å². The van der Waals surface area contributed by atoms with Gasteiger partial charge in [0, 0.05) is 54.7 Å². The molecule has 2 fully saturated rings. The summed E-state index contributed by atoms with van der Waals surface area (Å²) in [5.74, 6) is 0.537. The number of nitrogens with zero attached hydrogens (tertiary/aromatic N) is 3. The van der Waals surface area contributed by atoms with Crippen LogP contribution in [-0.4, -0.2) is 72.3 Å². The molecule has 1 saturated heterocycles. The van der Waals surface area contributed by atoms with Crippen LogP contribution in [-0.2, 0) is 11.2 Å². The first-order chi connectivity index (χ1) is 21.6. The summed E-state index contributed by atoms with van der Waals surface area (Å²) in [7, 11) is 0. The first-order valence-electron chi connectivity index (χ1n) is 16.6. The van der Waals surface area contributed by atoms with E-state index in [9.17, 15) is 9.59 Å². The highest BCUT2D eigenvalue weighted by Gasteiger charge is 2.64. The molecule has 0 atom stereocenters. The first-order valence-corrected chi connectivity index (χ1v) is 17.0. The van der Waals surface area contributed by atoms with Crippen molar-refractivity contribution in [1.29, 1.82) is 5.26 Å². The SMILES string of the molecule is CC(C)(C)OC(=O)N1CCN(CCCCCCc2ccc(C(=O)N[C@H]3C(C)(C)[C@H](Oc4ccc(C#N)c(Cl)c4)C3(C)C)cc2)CC1. The third-order valence-corrected chi connectivity index (χ3v) is 9.67. The molecule has 1 N–H and O–H groups in total. The van der Waals surface area contributed by atoms with Gasteiger partial charge in [0.15, 0.2) is 0 Å². The van der Waals surface area contributed by atoms with E-state index in [0.29, 0.717) is 21.9 Å². The second-order valence-corrected chi connectivity index (χ2v) is 15.4. The van der Waals surface area contributed by atoms with E-state index < -0.39 is 5.60 Å². The summed E-state index contributed by atoms with van der Waals surface area (Å²) < 4.78 is 11.8. The summed E-state index contributed by atoms with van der Waals surface area (Å²) in [6, 6.07) is 15.1. The number of hydrogen-bond donors (Lipinski definition) is 1. The molecule has 0 aromatic heterocycles. The highest BCUT2D eigenvalue weighted by atomic mass is 35.5. The number of aryl methyl sites for hydroxylation is 1. The zero-order valence-corrected chi connectivity index (χ0v) is 29.4. The van der Waals surface area contributed by atoms with E-state index in [2.05, 4.69) is 56.1 Å². The fraction of sp³-hybridized carbons (Fsp3) is 0.595. The van der Waals surface area contributed by atoms with Crippen LogP contribution in [0.5, 0.6) is 5.75 Å². The Morgan fingerprint density at radius 1 is 0.957 bits per heavy atom. The van der Waals surface area contributed by atoms with Gasteiger partial charge in [-0.15, -0.1) is 0 Å². The smallest absolute Gasteiger partial charge is 0.410 e. The lowest BCUT2D eigenvalue weighted by Crippen LogP contribution is -2.74. The van der Waals surface area contributed by atoms with Gasteiger partial charge in [0.05, 0.1) is 10.6 Å². The lowest BCUT2D eigenvalue weighted by Gasteiger charge is -2.63. The third kappa shape index (κ3) is 8.74. The molecule has 0 radical (unpaired) electrons. The van der Waals surface area contributed by atoms with Gasteiger partial charge in [-0.25, -0.2) is 4.79 Å². The maximum absolute atomic E-state index is 13.3. The number of hydrogen-bond acceptors (Lipinski definition) is 6. The molecule has 2 aromatic rings. The molecular formula is C37H51ClN4O4. The number of piperazine rings is 1. The molecule has 250 valence electrons. The molecule has 0 bridgehead atoms. The van der Waals surface area contributed by atoms with Gasteiger partial charge >= 0.3 is 6.09 Å². The average molecular weight is 651 g/mol. The zero-order valence-electron chi connectivity index (χ0n) is 28.6. The molecule has 0 spiro atoms. The molecule has 1 aliphatic heterocycles. The van der Waals surface area contributed by atoms with Crippen LogP contribution in [0.3, 0.4) is 0 Å². The Morgan fingerprint density at radius 3 is 2.17 bits per heavy atom. The van der Waals surface area contributed by atoms with Crippen LogP contribution in [0.1, 0.15) is 95.6 Å². The van der Waals surface area contributed by atoms with Gasteiger partial charge in [-0.3, -0.25) is 9.69 Å². The summed E-state index contributed by atoms with van der Waals surface area (Å²) in [6.45, 7) is 18.4.